The molecule has 1 aliphatic rings. The van der Waals surface area contributed by atoms with Crippen molar-refractivity contribution in [3.05, 3.63) is 34.9 Å². The molecular weight excluding hydrogens is 210 g/mol. The number of carbonyl (C=O) groups excluding carboxylic acids is 1. The van der Waals surface area contributed by atoms with Gasteiger partial charge in [0.25, 0.3) is 0 Å². The van der Waals surface area contributed by atoms with Crippen molar-refractivity contribution in [1.82, 2.24) is 4.90 Å². The highest BCUT2D eigenvalue weighted by molar-refractivity contribution is 5.77. The number of benzene rings is 1. The highest BCUT2D eigenvalue weighted by atomic mass is 16.1. The lowest BCUT2D eigenvalue weighted by molar-refractivity contribution is 0.112. The molecule has 92 valence electrons. The Morgan fingerprint density at radius 2 is 2.29 bits per heavy atom. The van der Waals surface area contributed by atoms with Crippen LogP contribution >= 0.6 is 0 Å². The molecule has 17 heavy (non-hydrogen) atoms. The lowest BCUT2D eigenvalue weighted by Gasteiger charge is -2.16. The van der Waals surface area contributed by atoms with E-state index in [2.05, 4.69) is 17.9 Å². The fourth-order valence-corrected chi connectivity index (χ4v) is 2.56. The standard InChI is InChI=1S/C15H21NO/c1-3-13-6-7-16(9-13)10-14-5-4-12(2)15(8-14)11-17/h4-5,8,11,13H,3,6-7,9-10H2,1-2H3/t13-/m0/s1. The Hall–Kier alpha value is -1.15. The van der Waals surface area contributed by atoms with Crippen molar-refractivity contribution < 1.29 is 4.79 Å². The summed E-state index contributed by atoms with van der Waals surface area (Å²) in [5.74, 6) is 0.867. The van der Waals surface area contributed by atoms with E-state index < -0.39 is 0 Å². The van der Waals surface area contributed by atoms with Crippen molar-refractivity contribution in [2.45, 2.75) is 33.2 Å². The van der Waals surface area contributed by atoms with Crippen LogP contribution < -0.4 is 0 Å². The van der Waals surface area contributed by atoms with Crippen LogP contribution in [0.5, 0.6) is 0 Å². The van der Waals surface area contributed by atoms with E-state index in [-0.39, 0.29) is 0 Å². The monoisotopic (exact) mass is 231 g/mol. The maximum atomic E-state index is 10.9. The molecular formula is C15H21NO. The molecule has 0 bridgehead atoms. The maximum absolute atomic E-state index is 10.9. The summed E-state index contributed by atoms with van der Waals surface area (Å²) in [6, 6.07) is 6.22. The van der Waals surface area contributed by atoms with E-state index in [4.69, 9.17) is 0 Å². The minimum Gasteiger partial charge on any atom is -0.299 e. The van der Waals surface area contributed by atoms with Gasteiger partial charge in [-0.05, 0) is 43.0 Å². The summed E-state index contributed by atoms with van der Waals surface area (Å²) in [5.41, 5.74) is 3.15. The normalized spacial score (nSPS) is 20.7. The Labute approximate surface area is 104 Å². The molecule has 1 fully saturated rings. The van der Waals surface area contributed by atoms with Crippen molar-refractivity contribution in [3.63, 3.8) is 0 Å². The first-order chi connectivity index (χ1) is 8.22. The Morgan fingerprint density at radius 1 is 1.47 bits per heavy atom. The summed E-state index contributed by atoms with van der Waals surface area (Å²) < 4.78 is 0. The zero-order valence-corrected chi connectivity index (χ0v) is 10.8. The summed E-state index contributed by atoms with van der Waals surface area (Å²) in [5, 5.41) is 0. The molecule has 0 aliphatic carbocycles. The maximum Gasteiger partial charge on any atom is 0.150 e. The first-order valence-corrected chi connectivity index (χ1v) is 6.50. The molecule has 1 aromatic rings. The molecule has 0 amide bonds. The van der Waals surface area contributed by atoms with Gasteiger partial charge in [0, 0.05) is 18.7 Å². The second-order valence-electron chi connectivity index (χ2n) is 5.11. The average molecular weight is 231 g/mol. The van der Waals surface area contributed by atoms with Gasteiger partial charge >= 0.3 is 0 Å². The zero-order chi connectivity index (χ0) is 12.3. The Morgan fingerprint density at radius 3 is 2.94 bits per heavy atom. The summed E-state index contributed by atoms with van der Waals surface area (Å²) in [6.07, 6.45) is 3.56. The molecule has 1 heterocycles. The van der Waals surface area contributed by atoms with E-state index >= 15 is 0 Å². The first-order valence-electron chi connectivity index (χ1n) is 6.50. The molecule has 0 spiro atoms. The van der Waals surface area contributed by atoms with Gasteiger partial charge in [0.05, 0.1) is 0 Å². The van der Waals surface area contributed by atoms with Crippen LogP contribution in [0.4, 0.5) is 0 Å². The SMILES string of the molecule is CC[C@H]1CCN(Cc2ccc(C)c(C=O)c2)C1. The highest BCUT2D eigenvalue weighted by Crippen LogP contribution is 2.21. The third kappa shape index (κ3) is 2.95. The van der Waals surface area contributed by atoms with Crippen molar-refractivity contribution >= 4 is 6.29 Å². The lowest BCUT2D eigenvalue weighted by Crippen LogP contribution is -2.20. The van der Waals surface area contributed by atoms with Crippen LogP contribution in [0, 0.1) is 12.8 Å². The number of nitrogens with zero attached hydrogens (tertiary/aromatic N) is 1. The van der Waals surface area contributed by atoms with E-state index in [1.165, 1.54) is 31.5 Å². The van der Waals surface area contributed by atoms with Crippen LogP contribution in [0.3, 0.4) is 0 Å². The van der Waals surface area contributed by atoms with Crippen molar-refractivity contribution in [2.24, 2.45) is 5.92 Å². The molecule has 0 saturated carbocycles. The van der Waals surface area contributed by atoms with Crippen LogP contribution in [0.15, 0.2) is 18.2 Å². The molecule has 2 heteroatoms. The number of hydrogen-bond donors (Lipinski definition) is 0. The third-order valence-corrected chi connectivity index (χ3v) is 3.82. The summed E-state index contributed by atoms with van der Waals surface area (Å²) in [6.45, 7) is 7.64. The highest BCUT2D eigenvalue weighted by Gasteiger charge is 2.20. The molecule has 0 radical (unpaired) electrons. The predicted molar refractivity (Wildman–Crippen MR) is 70.2 cm³/mol. The number of likely N-dealkylation sites (tertiary alicyclic amines) is 1. The van der Waals surface area contributed by atoms with Crippen LogP contribution in [0.2, 0.25) is 0 Å². The molecule has 2 rings (SSSR count). The number of aldehydes is 1. The van der Waals surface area contributed by atoms with Gasteiger partial charge in [0.1, 0.15) is 6.29 Å². The molecule has 0 unspecified atom stereocenters. The third-order valence-electron chi connectivity index (χ3n) is 3.82. The van der Waals surface area contributed by atoms with E-state index in [1.54, 1.807) is 0 Å². The van der Waals surface area contributed by atoms with E-state index in [0.717, 1.165) is 29.9 Å². The molecule has 1 aliphatic heterocycles. The van der Waals surface area contributed by atoms with Gasteiger partial charge in [0.15, 0.2) is 0 Å². The van der Waals surface area contributed by atoms with Crippen LogP contribution in [0.25, 0.3) is 0 Å². The topological polar surface area (TPSA) is 20.3 Å². The minimum atomic E-state index is 0.828. The fraction of sp³-hybridized carbons (Fsp3) is 0.533. The van der Waals surface area contributed by atoms with Gasteiger partial charge in [-0.1, -0.05) is 25.5 Å². The molecule has 0 aromatic heterocycles. The van der Waals surface area contributed by atoms with Gasteiger partial charge in [-0.15, -0.1) is 0 Å². The van der Waals surface area contributed by atoms with E-state index in [9.17, 15) is 4.79 Å². The lowest BCUT2D eigenvalue weighted by atomic mass is 10.1. The van der Waals surface area contributed by atoms with Gasteiger partial charge in [-0.25, -0.2) is 0 Å². The Kier molecular flexibility index (Phi) is 3.95. The van der Waals surface area contributed by atoms with Crippen LogP contribution in [-0.4, -0.2) is 24.3 Å². The number of rotatable bonds is 4. The Bertz CT molecular complexity index is 400. The molecule has 2 nitrogen and oxygen atoms in total. The van der Waals surface area contributed by atoms with Gasteiger partial charge in [0.2, 0.25) is 0 Å². The zero-order valence-electron chi connectivity index (χ0n) is 10.8. The van der Waals surface area contributed by atoms with Gasteiger partial charge in [-0.3, -0.25) is 9.69 Å². The second-order valence-corrected chi connectivity index (χ2v) is 5.11. The van der Waals surface area contributed by atoms with Crippen molar-refractivity contribution in [1.29, 1.82) is 0 Å². The minimum absolute atomic E-state index is 0.828. The smallest absolute Gasteiger partial charge is 0.150 e. The summed E-state index contributed by atoms with van der Waals surface area (Å²) >= 11 is 0. The quantitative estimate of drug-likeness (QED) is 0.742. The molecule has 1 saturated heterocycles. The number of hydrogen-bond acceptors (Lipinski definition) is 2. The average Bonchev–Trinajstić information content (AvgIpc) is 2.79. The van der Waals surface area contributed by atoms with Gasteiger partial charge < -0.3 is 0 Å². The van der Waals surface area contributed by atoms with E-state index in [1.807, 2.05) is 19.1 Å². The van der Waals surface area contributed by atoms with Crippen molar-refractivity contribution in [3.8, 4) is 0 Å². The number of aryl methyl sites for hydroxylation is 1. The van der Waals surface area contributed by atoms with Gasteiger partial charge in [-0.2, -0.15) is 0 Å². The van der Waals surface area contributed by atoms with Crippen LogP contribution in [-0.2, 0) is 6.54 Å². The second kappa shape index (κ2) is 5.46. The molecule has 1 atom stereocenters. The number of carbonyl (C=O) groups is 1. The fourth-order valence-electron chi connectivity index (χ4n) is 2.56. The largest absolute Gasteiger partial charge is 0.299 e. The predicted octanol–water partition coefficient (Wildman–Crippen LogP) is 3.04. The summed E-state index contributed by atoms with van der Waals surface area (Å²) in [4.78, 5) is 13.4. The first kappa shape index (κ1) is 12.3. The van der Waals surface area contributed by atoms with Crippen molar-refractivity contribution in [2.75, 3.05) is 13.1 Å². The molecule has 0 N–H and O–H groups in total. The van der Waals surface area contributed by atoms with E-state index in [0.29, 0.717) is 0 Å². The van der Waals surface area contributed by atoms with Crippen LogP contribution in [0.1, 0.15) is 41.3 Å². The summed E-state index contributed by atoms with van der Waals surface area (Å²) in [7, 11) is 0. The molecule has 1 aromatic carbocycles. The Balaban J connectivity index is 2.02.